The minimum absolute atomic E-state index is 0.136. The van der Waals surface area contributed by atoms with Crippen LogP contribution in [0.5, 0.6) is 0 Å². The molecule has 2 heteroatoms. The van der Waals surface area contributed by atoms with Crippen molar-refractivity contribution in [3.05, 3.63) is 36.5 Å². The molecule has 0 aromatic rings. The molecular formula is C9H9BrO. The van der Waals surface area contributed by atoms with Gasteiger partial charge in [0.05, 0.1) is 4.32 Å². The van der Waals surface area contributed by atoms with Crippen LogP contribution in [0.1, 0.15) is 6.42 Å². The van der Waals surface area contributed by atoms with Crippen molar-refractivity contribution < 1.29 is 4.79 Å². The summed E-state index contributed by atoms with van der Waals surface area (Å²) in [5.74, 6) is 0. The molecule has 0 aromatic carbocycles. The van der Waals surface area contributed by atoms with Gasteiger partial charge in [-0.3, -0.25) is 4.79 Å². The molecule has 0 heterocycles. The third-order valence-electron chi connectivity index (χ3n) is 1.50. The Morgan fingerprint density at radius 3 is 2.82 bits per heavy atom. The van der Waals surface area contributed by atoms with Crippen molar-refractivity contribution in [2.75, 3.05) is 0 Å². The molecule has 0 saturated carbocycles. The Morgan fingerprint density at radius 2 is 2.27 bits per heavy atom. The van der Waals surface area contributed by atoms with Crippen molar-refractivity contribution in [1.29, 1.82) is 0 Å². The highest BCUT2D eigenvalue weighted by atomic mass is 79.9. The molecule has 1 rings (SSSR count). The van der Waals surface area contributed by atoms with Gasteiger partial charge in [0, 0.05) is 0 Å². The molecule has 0 N–H and O–H groups in total. The van der Waals surface area contributed by atoms with Gasteiger partial charge < -0.3 is 0 Å². The Bertz CT molecular complexity index is 228. The summed E-state index contributed by atoms with van der Waals surface area (Å²) in [5, 5.41) is 0. The van der Waals surface area contributed by atoms with Crippen LogP contribution in [-0.4, -0.2) is 10.6 Å². The maximum Gasteiger partial charge on any atom is 0.142 e. The second-order valence-electron chi connectivity index (χ2n) is 2.41. The maximum atomic E-state index is 10.0. The number of hydrogen-bond donors (Lipinski definition) is 0. The van der Waals surface area contributed by atoms with E-state index in [-0.39, 0.29) is 4.32 Å². The molecule has 0 radical (unpaired) electrons. The molecule has 1 unspecified atom stereocenters. The van der Waals surface area contributed by atoms with Crippen LogP contribution in [0.3, 0.4) is 0 Å². The number of carbonyl (C=O) groups excluding carboxylic acids is 1. The lowest BCUT2D eigenvalue weighted by Crippen LogP contribution is -2.13. The van der Waals surface area contributed by atoms with E-state index in [1.54, 1.807) is 0 Å². The summed E-state index contributed by atoms with van der Waals surface area (Å²) >= 11 is 3.51. The number of aldehydes is 1. The smallest absolute Gasteiger partial charge is 0.142 e. The van der Waals surface area contributed by atoms with Gasteiger partial charge in [0.15, 0.2) is 0 Å². The molecule has 1 nitrogen and oxygen atoms in total. The predicted octanol–water partition coefficient (Wildman–Crippen LogP) is 2.39. The van der Waals surface area contributed by atoms with Crippen molar-refractivity contribution in [2.45, 2.75) is 10.7 Å². The third-order valence-corrected chi connectivity index (χ3v) is 2.36. The third kappa shape index (κ3) is 2.46. The van der Waals surface area contributed by atoms with Gasteiger partial charge in [-0.05, 0) is 12.5 Å². The standard InChI is InChI=1S/C9H9BrO/c10-9(7-4-8-11)5-2-1-3-6-9/h1-5,7-8H,6H2. The topological polar surface area (TPSA) is 17.1 Å². The van der Waals surface area contributed by atoms with E-state index in [1.807, 2.05) is 24.3 Å². The first-order valence-electron chi connectivity index (χ1n) is 3.43. The Balaban J connectivity index is 2.67. The fourth-order valence-corrected chi connectivity index (χ4v) is 1.43. The van der Waals surface area contributed by atoms with Gasteiger partial charge in [-0.1, -0.05) is 46.3 Å². The molecule has 0 aromatic heterocycles. The van der Waals surface area contributed by atoms with E-state index < -0.39 is 0 Å². The molecule has 0 amide bonds. The quantitative estimate of drug-likeness (QED) is 0.391. The maximum absolute atomic E-state index is 10.0. The van der Waals surface area contributed by atoms with Crippen LogP contribution >= 0.6 is 15.9 Å². The van der Waals surface area contributed by atoms with Gasteiger partial charge in [0.1, 0.15) is 6.29 Å². The first kappa shape index (κ1) is 8.47. The van der Waals surface area contributed by atoms with E-state index >= 15 is 0 Å². The van der Waals surface area contributed by atoms with E-state index in [2.05, 4.69) is 22.0 Å². The van der Waals surface area contributed by atoms with E-state index in [9.17, 15) is 4.79 Å². The van der Waals surface area contributed by atoms with Crippen LogP contribution < -0.4 is 0 Å². The van der Waals surface area contributed by atoms with Crippen LogP contribution in [0, 0.1) is 0 Å². The highest BCUT2D eigenvalue weighted by Gasteiger charge is 2.18. The monoisotopic (exact) mass is 212 g/mol. The van der Waals surface area contributed by atoms with Gasteiger partial charge in [0.2, 0.25) is 0 Å². The van der Waals surface area contributed by atoms with Gasteiger partial charge >= 0.3 is 0 Å². The zero-order valence-electron chi connectivity index (χ0n) is 6.03. The summed E-state index contributed by atoms with van der Waals surface area (Å²) in [5.41, 5.74) is 0. The molecule has 11 heavy (non-hydrogen) atoms. The second-order valence-corrected chi connectivity index (χ2v) is 3.89. The van der Waals surface area contributed by atoms with Gasteiger partial charge in [-0.2, -0.15) is 0 Å². The van der Waals surface area contributed by atoms with Crippen LogP contribution in [0.2, 0.25) is 0 Å². The second kappa shape index (κ2) is 3.67. The molecule has 1 aliphatic rings. The number of carbonyl (C=O) groups is 1. The summed E-state index contributed by atoms with van der Waals surface area (Å²) in [6, 6.07) is 0. The summed E-state index contributed by atoms with van der Waals surface area (Å²) < 4.78 is -0.136. The molecular weight excluding hydrogens is 204 g/mol. The van der Waals surface area contributed by atoms with E-state index in [0.717, 1.165) is 12.7 Å². The van der Waals surface area contributed by atoms with Gasteiger partial charge in [-0.15, -0.1) is 0 Å². The Kier molecular flexibility index (Phi) is 2.83. The number of allylic oxidation sites excluding steroid dienone is 6. The Morgan fingerprint density at radius 1 is 1.45 bits per heavy atom. The minimum Gasteiger partial charge on any atom is -0.299 e. The van der Waals surface area contributed by atoms with Crippen LogP contribution in [-0.2, 0) is 4.79 Å². The van der Waals surface area contributed by atoms with Crippen LogP contribution in [0.25, 0.3) is 0 Å². The van der Waals surface area contributed by atoms with Crippen molar-refractivity contribution >= 4 is 22.2 Å². The molecule has 0 bridgehead atoms. The zero-order chi connectivity index (χ0) is 8.16. The van der Waals surface area contributed by atoms with Gasteiger partial charge in [0.25, 0.3) is 0 Å². The highest BCUT2D eigenvalue weighted by Crippen LogP contribution is 2.28. The molecule has 1 aliphatic carbocycles. The van der Waals surface area contributed by atoms with E-state index in [4.69, 9.17) is 0 Å². The van der Waals surface area contributed by atoms with E-state index in [0.29, 0.717) is 0 Å². The SMILES string of the molecule is O=CC=CC1(Br)C=CC=CC1. The summed E-state index contributed by atoms with van der Waals surface area (Å²) in [6.45, 7) is 0. The van der Waals surface area contributed by atoms with Crippen LogP contribution in [0.4, 0.5) is 0 Å². The Labute approximate surface area is 74.6 Å². The minimum atomic E-state index is -0.136. The average Bonchev–Trinajstić information content (AvgIpc) is 2.03. The largest absolute Gasteiger partial charge is 0.299 e. The number of alkyl halides is 1. The van der Waals surface area contributed by atoms with Crippen molar-refractivity contribution in [1.82, 2.24) is 0 Å². The molecule has 58 valence electrons. The summed E-state index contributed by atoms with van der Waals surface area (Å²) in [7, 11) is 0. The number of hydrogen-bond acceptors (Lipinski definition) is 1. The van der Waals surface area contributed by atoms with Crippen LogP contribution in [0.15, 0.2) is 36.5 Å². The van der Waals surface area contributed by atoms with E-state index in [1.165, 1.54) is 6.08 Å². The summed E-state index contributed by atoms with van der Waals surface area (Å²) in [4.78, 5) is 10.0. The summed E-state index contributed by atoms with van der Waals surface area (Å²) in [6.07, 6.45) is 13.1. The highest BCUT2D eigenvalue weighted by molar-refractivity contribution is 9.10. The molecule has 1 atom stereocenters. The lowest BCUT2D eigenvalue weighted by atomic mass is 10.0. The lowest BCUT2D eigenvalue weighted by Gasteiger charge is -2.18. The van der Waals surface area contributed by atoms with Crippen molar-refractivity contribution in [3.8, 4) is 0 Å². The van der Waals surface area contributed by atoms with Gasteiger partial charge in [-0.25, -0.2) is 0 Å². The predicted molar refractivity (Wildman–Crippen MR) is 49.8 cm³/mol. The molecule has 0 fully saturated rings. The Hall–Kier alpha value is -0.630. The molecule has 0 aliphatic heterocycles. The fraction of sp³-hybridized carbons (Fsp3) is 0.222. The fourth-order valence-electron chi connectivity index (χ4n) is 0.934. The molecule has 0 spiro atoms. The van der Waals surface area contributed by atoms with Crippen molar-refractivity contribution in [2.24, 2.45) is 0 Å². The van der Waals surface area contributed by atoms with Crippen molar-refractivity contribution in [3.63, 3.8) is 0 Å². The lowest BCUT2D eigenvalue weighted by molar-refractivity contribution is -0.104. The molecule has 0 saturated heterocycles. The average molecular weight is 213 g/mol. The zero-order valence-corrected chi connectivity index (χ0v) is 7.62. The number of halogens is 1. The first-order chi connectivity index (χ1) is 5.27. The number of rotatable bonds is 2. The first-order valence-corrected chi connectivity index (χ1v) is 4.22. The normalized spacial score (nSPS) is 29.5.